The molecule has 5 heteroatoms. The average molecular weight is 336 g/mol. The van der Waals surface area contributed by atoms with Crippen LogP contribution < -0.4 is 0 Å². The molecule has 1 rings (SSSR count). The number of allylic oxidation sites excluding steroid dienone is 1. The van der Waals surface area contributed by atoms with Gasteiger partial charge in [0, 0.05) is 14.6 Å². The Balaban J connectivity index is 2.90. The van der Waals surface area contributed by atoms with E-state index < -0.39 is 18.1 Å². The predicted octanol–water partition coefficient (Wildman–Crippen LogP) is 3.51. The Kier molecular flexibility index (Phi) is 6.60. The van der Waals surface area contributed by atoms with Crippen LogP contribution in [-0.2, 0) is 10.0 Å². The summed E-state index contributed by atoms with van der Waals surface area (Å²) in [5, 5.41) is 0. The monoisotopic (exact) mass is 335 g/mol. The summed E-state index contributed by atoms with van der Waals surface area (Å²) >= 11 is 0. The summed E-state index contributed by atoms with van der Waals surface area (Å²) in [7, 11) is -4.70. The Morgan fingerprint density at radius 1 is 1.18 bits per heavy atom. The second kappa shape index (κ2) is 7.77. The van der Waals surface area contributed by atoms with Gasteiger partial charge in [-0.2, -0.15) is 4.31 Å². The van der Waals surface area contributed by atoms with Gasteiger partial charge in [-0.05, 0) is 25.1 Å². The van der Waals surface area contributed by atoms with E-state index in [0.29, 0.717) is 6.54 Å². The van der Waals surface area contributed by atoms with E-state index >= 15 is 0 Å². The van der Waals surface area contributed by atoms with Crippen LogP contribution in [0.15, 0.2) is 41.3 Å². The first-order valence-electron chi connectivity index (χ1n) is 7.32. The zero-order chi connectivity index (χ0) is 16.8. The maximum absolute atomic E-state index is 12.6. The van der Waals surface area contributed by atoms with Gasteiger partial charge in [0.05, 0.1) is 11.4 Å². The largest absolute Gasteiger partial charge is 0.244 e. The van der Waals surface area contributed by atoms with E-state index in [4.69, 9.17) is 6.42 Å². The quantitative estimate of drug-likeness (QED) is 0.434. The van der Waals surface area contributed by atoms with E-state index in [1.807, 2.05) is 13.0 Å². The fraction of sp³-hybridized carbons (Fsp3) is 0.412. The van der Waals surface area contributed by atoms with Crippen LogP contribution in [0.5, 0.6) is 0 Å². The molecule has 0 fully saturated rings. The maximum atomic E-state index is 12.6. The summed E-state index contributed by atoms with van der Waals surface area (Å²) in [5.41, 5.74) is 1.03. The lowest BCUT2D eigenvalue weighted by Crippen LogP contribution is -2.31. The molecule has 0 aromatic heterocycles. The maximum Gasteiger partial charge on any atom is 0.244 e. The van der Waals surface area contributed by atoms with Gasteiger partial charge in [-0.1, -0.05) is 55.4 Å². The van der Waals surface area contributed by atoms with Gasteiger partial charge in [-0.15, -0.1) is 6.42 Å². The highest BCUT2D eigenvalue weighted by atomic mass is 32.2. The van der Waals surface area contributed by atoms with Crippen molar-refractivity contribution >= 4 is 18.1 Å². The summed E-state index contributed by atoms with van der Waals surface area (Å²) < 4.78 is 26.6. The van der Waals surface area contributed by atoms with Crippen LogP contribution in [0.3, 0.4) is 0 Å². The lowest BCUT2D eigenvalue weighted by molar-refractivity contribution is 0.478. The Morgan fingerprint density at radius 2 is 1.77 bits per heavy atom. The molecule has 0 unspecified atom stereocenters. The molecule has 0 N–H and O–H groups in total. The van der Waals surface area contributed by atoms with Crippen molar-refractivity contribution in [3.8, 4) is 12.3 Å². The van der Waals surface area contributed by atoms with Crippen molar-refractivity contribution in [3.05, 3.63) is 42.0 Å². The Morgan fingerprint density at radius 3 is 2.27 bits per heavy atom. The van der Waals surface area contributed by atoms with E-state index in [2.05, 4.69) is 31.6 Å². The lowest BCUT2D eigenvalue weighted by Gasteiger charge is -2.19. The lowest BCUT2D eigenvalue weighted by atomic mass is 10.2. The van der Waals surface area contributed by atoms with Crippen molar-refractivity contribution in [2.24, 2.45) is 0 Å². The van der Waals surface area contributed by atoms with Gasteiger partial charge >= 0.3 is 0 Å². The zero-order valence-electron chi connectivity index (χ0n) is 13.8. The van der Waals surface area contributed by atoms with Crippen LogP contribution in [0.1, 0.15) is 5.56 Å². The number of terminal acetylenes is 1. The first kappa shape index (κ1) is 18.7. The number of aryl methyl sites for hydroxylation is 1. The van der Waals surface area contributed by atoms with Gasteiger partial charge < -0.3 is 0 Å². The van der Waals surface area contributed by atoms with E-state index in [-0.39, 0.29) is 11.4 Å². The van der Waals surface area contributed by atoms with Gasteiger partial charge in [-0.3, -0.25) is 0 Å². The Bertz CT molecular complexity index is 649. The third-order valence-corrected chi connectivity index (χ3v) is 6.42. The topological polar surface area (TPSA) is 37.4 Å². The second-order valence-electron chi connectivity index (χ2n) is 6.55. The van der Waals surface area contributed by atoms with Gasteiger partial charge in [0.2, 0.25) is 10.0 Å². The smallest absolute Gasteiger partial charge is 0.207 e. The summed E-state index contributed by atoms with van der Waals surface area (Å²) in [6.07, 6.45) is 9.30. The Labute approximate surface area is 136 Å². The highest BCUT2D eigenvalue weighted by molar-refractivity contribution is 7.89. The average Bonchev–Trinajstić information content (AvgIpc) is 2.41. The van der Waals surface area contributed by atoms with Crippen LogP contribution >= 0.6 is 0 Å². The third-order valence-electron chi connectivity index (χ3n) is 3.13. The molecule has 0 aliphatic rings. The summed E-state index contributed by atoms with van der Waals surface area (Å²) in [5.74, 6) is 2.43. The van der Waals surface area contributed by atoms with Crippen molar-refractivity contribution in [1.82, 2.24) is 4.31 Å². The number of nitrogens with zero attached hydrogens (tertiary/aromatic N) is 1. The van der Waals surface area contributed by atoms with Crippen LogP contribution in [0.2, 0.25) is 25.7 Å². The number of hydrogen-bond donors (Lipinski definition) is 0. The van der Waals surface area contributed by atoms with Gasteiger partial charge in [0.25, 0.3) is 0 Å². The minimum absolute atomic E-state index is 0.0769. The molecule has 0 aliphatic carbocycles. The highest BCUT2D eigenvalue weighted by Crippen LogP contribution is 2.16. The molecule has 1 aromatic rings. The third kappa shape index (κ3) is 5.80. The van der Waals surface area contributed by atoms with Crippen molar-refractivity contribution in [2.75, 3.05) is 13.1 Å². The molecular weight excluding hydrogens is 310 g/mol. The van der Waals surface area contributed by atoms with E-state index in [9.17, 15) is 8.42 Å². The predicted molar refractivity (Wildman–Crippen MR) is 96.1 cm³/mol. The van der Waals surface area contributed by atoms with E-state index in [0.717, 1.165) is 11.6 Å². The van der Waals surface area contributed by atoms with Crippen LogP contribution in [0, 0.1) is 19.3 Å². The summed E-state index contributed by atoms with van der Waals surface area (Å²) in [6, 6.07) is 7.87. The number of hydrogen-bond acceptors (Lipinski definition) is 2. The fourth-order valence-corrected chi connectivity index (χ4v) is 4.02. The van der Waals surface area contributed by atoms with E-state index in [1.165, 1.54) is 4.31 Å². The van der Waals surface area contributed by atoms with Crippen LogP contribution in [0.25, 0.3) is 0 Å². The molecule has 0 radical (unpaired) electrons. The molecule has 0 heterocycles. The summed E-state index contributed by atoms with van der Waals surface area (Å²) in [6.45, 7) is 9.14. The van der Waals surface area contributed by atoms with Crippen molar-refractivity contribution in [3.63, 3.8) is 0 Å². The highest BCUT2D eigenvalue weighted by Gasteiger charge is 2.22. The minimum Gasteiger partial charge on any atom is -0.207 e. The molecular formula is C17H25NO2SSi. The number of sulfonamides is 1. The first-order valence-corrected chi connectivity index (χ1v) is 12.5. The van der Waals surface area contributed by atoms with Gasteiger partial charge in [0.1, 0.15) is 0 Å². The van der Waals surface area contributed by atoms with E-state index in [1.54, 1.807) is 24.3 Å². The van der Waals surface area contributed by atoms with Crippen molar-refractivity contribution in [1.29, 1.82) is 0 Å². The molecule has 0 atom stereocenters. The van der Waals surface area contributed by atoms with Crippen molar-refractivity contribution in [2.45, 2.75) is 37.5 Å². The molecule has 0 amide bonds. The van der Waals surface area contributed by atoms with Crippen LogP contribution in [-0.4, -0.2) is 33.9 Å². The molecule has 0 saturated heterocycles. The normalized spacial score (nSPS) is 12.7. The molecule has 0 bridgehead atoms. The van der Waals surface area contributed by atoms with Crippen molar-refractivity contribution < 1.29 is 8.42 Å². The molecule has 0 aliphatic heterocycles. The number of rotatable bonds is 7. The molecule has 120 valence electrons. The minimum atomic E-state index is -3.54. The SMILES string of the molecule is C#CCN(C/C=C/C[Si](C)(C)C)S(=O)(=O)c1ccc(C)cc1. The summed E-state index contributed by atoms with van der Waals surface area (Å²) in [4.78, 5) is 0.284. The standard InChI is InChI=1S/C17H25NO2SSi/c1-6-13-18(14-7-8-15-22(3,4)5)21(19,20)17-11-9-16(2)10-12-17/h1,7-12H,13-15H2,2-5H3/b8-7+. The molecule has 22 heavy (non-hydrogen) atoms. The molecule has 0 spiro atoms. The zero-order valence-corrected chi connectivity index (χ0v) is 15.7. The fourth-order valence-electron chi connectivity index (χ4n) is 1.84. The second-order valence-corrected chi connectivity index (χ2v) is 14.0. The number of benzene rings is 1. The van der Waals surface area contributed by atoms with Crippen LogP contribution in [0.4, 0.5) is 0 Å². The molecule has 1 aromatic carbocycles. The Hall–Kier alpha value is -1.35. The molecule has 0 saturated carbocycles. The van der Waals surface area contributed by atoms with Gasteiger partial charge in [-0.25, -0.2) is 8.42 Å². The molecule has 3 nitrogen and oxygen atoms in total. The first-order chi connectivity index (χ1) is 10.2. The van der Waals surface area contributed by atoms with Gasteiger partial charge in [0.15, 0.2) is 0 Å².